The van der Waals surface area contributed by atoms with E-state index in [2.05, 4.69) is 25.1 Å². The number of carbonyl (C=O) groups excluding carboxylic acids is 1. The van der Waals surface area contributed by atoms with Gasteiger partial charge in [-0.3, -0.25) is 4.79 Å². The maximum atomic E-state index is 10.8. The quantitative estimate of drug-likeness (QED) is 0.700. The summed E-state index contributed by atoms with van der Waals surface area (Å²) in [6, 6.07) is 12.2. The van der Waals surface area contributed by atoms with Crippen molar-refractivity contribution in [3.8, 4) is 0 Å². The zero-order valence-electron chi connectivity index (χ0n) is 9.57. The molecule has 0 radical (unpaired) electrons. The number of rotatable bonds is 4. The molecule has 0 N–H and O–H groups in total. The van der Waals surface area contributed by atoms with Crippen LogP contribution in [0, 0.1) is 0 Å². The van der Waals surface area contributed by atoms with Gasteiger partial charge in [0.25, 0.3) is 0 Å². The van der Waals surface area contributed by atoms with Crippen LogP contribution >= 0.6 is 0 Å². The molecule has 1 heteroatoms. The average Bonchev–Trinajstić information content (AvgIpc) is 2.35. The summed E-state index contributed by atoms with van der Waals surface area (Å²) in [4.78, 5) is 10.8. The van der Waals surface area contributed by atoms with Crippen molar-refractivity contribution in [2.75, 3.05) is 0 Å². The average molecular weight is 212 g/mol. The van der Waals surface area contributed by atoms with Gasteiger partial charge in [-0.05, 0) is 35.2 Å². The molecule has 0 saturated heterocycles. The summed E-state index contributed by atoms with van der Waals surface area (Å²) in [6.07, 6.45) is 4.40. The zero-order valence-corrected chi connectivity index (χ0v) is 9.57. The number of carbonyl (C=O) groups is 1. The van der Waals surface area contributed by atoms with E-state index in [9.17, 15) is 4.79 Å². The van der Waals surface area contributed by atoms with Crippen LogP contribution in [0.2, 0.25) is 0 Å². The minimum atomic E-state index is 0.761. The van der Waals surface area contributed by atoms with Crippen molar-refractivity contribution in [2.24, 2.45) is 0 Å². The van der Waals surface area contributed by atoms with E-state index in [4.69, 9.17) is 0 Å². The second kappa shape index (κ2) is 4.93. The number of hydrogen-bond acceptors (Lipinski definition) is 1. The molecule has 2 aromatic rings. The van der Waals surface area contributed by atoms with Gasteiger partial charge in [-0.25, -0.2) is 0 Å². The van der Waals surface area contributed by atoms with Crippen LogP contribution in [0.3, 0.4) is 0 Å². The maximum Gasteiger partial charge on any atom is 0.150 e. The second-order valence-electron chi connectivity index (χ2n) is 4.12. The highest BCUT2D eigenvalue weighted by molar-refractivity contribution is 5.91. The van der Waals surface area contributed by atoms with Crippen molar-refractivity contribution in [3.05, 3.63) is 47.5 Å². The molecule has 0 saturated carbocycles. The first-order chi connectivity index (χ1) is 7.85. The number of unbranched alkanes of at least 4 members (excludes halogenated alkanes) is 1. The molecule has 0 aliphatic heterocycles. The van der Waals surface area contributed by atoms with E-state index in [1.54, 1.807) is 0 Å². The van der Waals surface area contributed by atoms with E-state index in [0.29, 0.717) is 0 Å². The van der Waals surface area contributed by atoms with Crippen molar-refractivity contribution in [3.63, 3.8) is 0 Å². The van der Waals surface area contributed by atoms with E-state index >= 15 is 0 Å². The summed E-state index contributed by atoms with van der Waals surface area (Å²) < 4.78 is 0. The van der Waals surface area contributed by atoms with Crippen LogP contribution in [0.15, 0.2) is 36.4 Å². The lowest BCUT2D eigenvalue weighted by Crippen LogP contribution is -1.88. The maximum absolute atomic E-state index is 10.8. The Balaban J connectivity index is 2.50. The molecule has 0 bridgehead atoms. The predicted molar refractivity (Wildman–Crippen MR) is 67.9 cm³/mol. The Morgan fingerprint density at radius 1 is 1.19 bits per heavy atom. The van der Waals surface area contributed by atoms with Crippen LogP contribution in [-0.4, -0.2) is 6.29 Å². The van der Waals surface area contributed by atoms with Crippen LogP contribution in [-0.2, 0) is 6.42 Å². The highest BCUT2D eigenvalue weighted by Gasteiger charge is 2.01. The van der Waals surface area contributed by atoms with Gasteiger partial charge < -0.3 is 0 Å². The summed E-state index contributed by atoms with van der Waals surface area (Å²) in [5, 5.41) is 2.44. The number of hydrogen-bond donors (Lipinski definition) is 0. The molecule has 0 aromatic heterocycles. The normalized spacial score (nSPS) is 10.6. The minimum absolute atomic E-state index is 0.761. The van der Waals surface area contributed by atoms with Crippen LogP contribution < -0.4 is 0 Å². The molecule has 0 spiro atoms. The molecule has 16 heavy (non-hydrogen) atoms. The third kappa shape index (κ3) is 2.13. The SMILES string of the molecule is CCCCc1cccc2ccc(C=O)cc12. The van der Waals surface area contributed by atoms with Gasteiger partial charge in [-0.15, -0.1) is 0 Å². The van der Waals surface area contributed by atoms with Crippen molar-refractivity contribution >= 4 is 17.1 Å². The highest BCUT2D eigenvalue weighted by Crippen LogP contribution is 2.21. The molecule has 2 aromatic carbocycles. The van der Waals surface area contributed by atoms with E-state index < -0.39 is 0 Å². The summed E-state index contributed by atoms with van der Waals surface area (Å²) in [5.41, 5.74) is 2.11. The van der Waals surface area contributed by atoms with Gasteiger partial charge in [0.05, 0.1) is 0 Å². The highest BCUT2D eigenvalue weighted by atomic mass is 16.1. The van der Waals surface area contributed by atoms with Crippen molar-refractivity contribution in [1.82, 2.24) is 0 Å². The Morgan fingerprint density at radius 3 is 2.81 bits per heavy atom. The summed E-state index contributed by atoms with van der Waals surface area (Å²) in [5.74, 6) is 0. The molecular weight excluding hydrogens is 196 g/mol. The van der Waals surface area contributed by atoms with Gasteiger partial charge in [-0.1, -0.05) is 43.7 Å². The van der Waals surface area contributed by atoms with Crippen LogP contribution in [0.25, 0.3) is 10.8 Å². The molecule has 82 valence electrons. The van der Waals surface area contributed by atoms with Crippen LogP contribution in [0.1, 0.15) is 35.7 Å². The van der Waals surface area contributed by atoms with Crippen LogP contribution in [0.5, 0.6) is 0 Å². The van der Waals surface area contributed by atoms with E-state index in [-0.39, 0.29) is 0 Å². The van der Waals surface area contributed by atoms with Gasteiger partial charge >= 0.3 is 0 Å². The fourth-order valence-corrected chi connectivity index (χ4v) is 2.01. The fourth-order valence-electron chi connectivity index (χ4n) is 2.01. The lowest BCUT2D eigenvalue weighted by atomic mass is 9.99. The molecule has 0 heterocycles. The monoisotopic (exact) mass is 212 g/mol. The third-order valence-electron chi connectivity index (χ3n) is 2.93. The Kier molecular flexibility index (Phi) is 3.35. The molecule has 0 aliphatic carbocycles. The molecule has 0 amide bonds. The van der Waals surface area contributed by atoms with E-state index in [1.807, 2.05) is 18.2 Å². The Hall–Kier alpha value is -1.63. The second-order valence-corrected chi connectivity index (χ2v) is 4.12. The molecule has 0 fully saturated rings. The number of aryl methyl sites for hydroxylation is 1. The Morgan fingerprint density at radius 2 is 2.06 bits per heavy atom. The van der Waals surface area contributed by atoms with Crippen LogP contribution in [0.4, 0.5) is 0 Å². The lowest BCUT2D eigenvalue weighted by Gasteiger charge is -2.06. The molecular formula is C15H16O. The van der Waals surface area contributed by atoms with Gasteiger partial charge in [0, 0.05) is 5.56 Å². The minimum Gasteiger partial charge on any atom is -0.298 e. The Labute approximate surface area is 96.1 Å². The van der Waals surface area contributed by atoms with Crippen molar-refractivity contribution < 1.29 is 4.79 Å². The summed E-state index contributed by atoms with van der Waals surface area (Å²) in [7, 11) is 0. The van der Waals surface area contributed by atoms with Gasteiger partial charge in [-0.2, -0.15) is 0 Å². The van der Waals surface area contributed by atoms with E-state index in [1.165, 1.54) is 29.2 Å². The summed E-state index contributed by atoms with van der Waals surface area (Å²) >= 11 is 0. The van der Waals surface area contributed by atoms with Gasteiger partial charge in [0.15, 0.2) is 0 Å². The van der Waals surface area contributed by atoms with Crippen molar-refractivity contribution in [1.29, 1.82) is 0 Å². The number of benzene rings is 2. The molecule has 1 nitrogen and oxygen atoms in total. The van der Waals surface area contributed by atoms with Crippen molar-refractivity contribution in [2.45, 2.75) is 26.2 Å². The van der Waals surface area contributed by atoms with Gasteiger partial charge in [0.1, 0.15) is 6.29 Å². The largest absolute Gasteiger partial charge is 0.298 e. The standard InChI is InChI=1S/C15H16O/c1-2-3-5-13-6-4-7-14-9-8-12(11-16)10-15(13)14/h4,6-11H,2-3,5H2,1H3. The summed E-state index contributed by atoms with van der Waals surface area (Å²) in [6.45, 7) is 2.20. The molecule has 2 rings (SSSR count). The fraction of sp³-hybridized carbons (Fsp3) is 0.267. The first-order valence-electron chi connectivity index (χ1n) is 5.82. The third-order valence-corrected chi connectivity index (χ3v) is 2.93. The molecule has 0 atom stereocenters. The smallest absolute Gasteiger partial charge is 0.150 e. The number of fused-ring (bicyclic) bond motifs is 1. The Bertz CT molecular complexity index is 500. The predicted octanol–water partition coefficient (Wildman–Crippen LogP) is 3.99. The first kappa shape index (κ1) is 10.9. The van der Waals surface area contributed by atoms with Gasteiger partial charge in [0.2, 0.25) is 0 Å². The molecule has 0 aliphatic rings. The first-order valence-corrected chi connectivity index (χ1v) is 5.82. The topological polar surface area (TPSA) is 17.1 Å². The molecule has 0 unspecified atom stereocenters. The zero-order chi connectivity index (χ0) is 11.4. The lowest BCUT2D eigenvalue weighted by molar-refractivity contribution is 0.112. The number of aldehydes is 1. The van der Waals surface area contributed by atoms with E-state index in [0.717, 1.165) is 18.3 Å².